The summed E-state index contributed by atoms with van der Waals surface area (Å²) in [5, 5.41) is 5.20. The molecule has 1 aliphatic heterocycles. The van der Waals surface area contributed by atoms with Crippen molar-refractivity contribution in [2.24, 2.45) is 5.92 Å². The highest BCUT2D eigenvalue weighted by atomic mass is 16.5. The molecule has 0 aromatic heterocycles. The van der Waals surface area contributed by atoms with E-state index in [2.05, 4.69) is 15.4 Å². The van der Waals surface area contributed by atoms with Crippen LogP contribution in [0.15, 0.2) is 48.5 Å². The van der Waals surface area contributed by atoms with Crippen LogP contribution in [0.4, 0.5) is 17.1 Å². The summed E-state index contributed by atoms with van der Waals surface area (Å²) in [4.78, 5) is 60.8. The van der Waals surface area contributed by atoms with Gasteiger partial charge in [-0.15, -0.1) is 0 Å². The zero-order chi connectivity index (χ0) is 24.0. The number of anilines is 3. The van der Waals surface area contributed by atoms with Crippen molar-refractivity contribution in [3.63, 3.8) is 0 Å². The molecule has 1 aliphatic rings. The fourth-order valence-electron chi connectivity index (χ4n) is 3.30. The predicted octanol–water partition coefficient (Wildman–Crippen LogP) is 1.97. The van der Waals surface area contributed by atoms with Crippen LogP contribution in [-0.4, -0.2) is 49.9 Å². The highest BCUT2D eigenvalue weighted by molar-refractivity contribution is 6.00. The Morgan fingerprint density at radius 2 is 1.58 bits per heavy atom. The van der Waals surface area contributed by atoms with Crippen molar-refractivity contribution >= 4 is 46.7 Å². The van der Waals surface area contributed by atoms with E-state index in [0.29, 0.717) is 22.6 Å². The molecule has 172 valence electrons. The molecule has 2 aromatic carbocycles. The Labute approximate surface area is 189 Å². The minimum atomic E-state index is -0.706. The van der Waals surface area contributed by atoms with E-state index in [0.717, 1.165) is 0 Å². The van der Waals surface area contributed by atoms with Gasteiger partial charge < -0.3 is 25.0 Å². The lowest BCUT2D eigenvalue weighted by Crippen LogP contribution is -2.28. The highest BCUT2D eigenvalue weighted by Gasteiger charge is 2.36. The molecule has 10 nitrogen and oxygen atoms in total. The molecule has 0 aliphatic carbocycles. The first kappa shape index (κ1) is 23.5. The topological polar surface area (TPSA) is 131 Å². The minimum absolute atomic E-state index is 0.0379. The van der Waals surface area contributed by atoms with Crippen molar-refractivity contribution in [1.82, 2.24) is 0 Å². The van der Waals surface area contributed by atoms with Crippen molar-refractivity contribution in [2.75, 3.05) is 35.8 Å². The molecule has 10 heteroatoms. The maximum atomic E-state index is 12.4. The quantitative estimate of drug-likeness (QED) is 0.613. The largest absolute Gasteiger partial charge is 0.465 e. The number of ether oxygens (including phenoxy) is 2. The maximum absolute atomic E-state index is 12.4. The number of rotatable bonds is 7. The Hall–Kier alpha value is -4.21. The lowest BCUT2D eigenvalue weighted by atomic mass is 10.1. The van der Waals surface area contributed by atoms with Crippen LogP contribution in [0.2, 0.25) is 0 Å². The van der Waals surface area contributed by atoms with Gasteiger partial charge in [-0.3, -0.25) is 19.2 Å². The van der Waals surface area contributed by atoms with Crippen LogP contribution in [0.3, 0.4) is 0 Å². The second-order valence-electron chi connectivity index (χ2n) is 7.36. The van der Waals surface area contributed by atoms with E-state index < -0.39 is 30.4 Å². The van der Waals surface area contributed by atoms with Gasteiger partial charge in [-0.25, -0.2) is 4.79 Å². The fourth-order valence-corrected chi connectivity index (χ4v) is 3.30. The van der Waals surface area contributed by atoms with E-state index in [1.165, 1.54) is 31.1 Å². The number of carbonyl (C=O) groups excluding carboxylic acids is 5. The molecule has 0 radical (unpaired) electrons. The summed E-state index contributed by atoms with van der Waals surface area (Å²) in [7, 11) is 1.28. The number of nitrogens with zero attached hydrogens (tertiary/aromatic N) is 1. The molecule has 0 unspecified atom stereocenters. The van der Waals surface area contributed by atoms with Gasteiger partial charge in [-0.1, -0.05) is 0 Å². The molecule has 0 spiro atoms. The number of hydrogen-bond acceptors (Lipinski definition) is 7. The Kier molecular flexibility index (Phi) is 7.39. The number of benzene rings is 2. The monoisotopic (exact) mass is 453 g/mol. The van der Waals surface area contributed by atoms with Gasteiger partial charge in [0.2, 0.25) is 11.8 Å². The fraction of sp³-hybridized carbons (Fsp3) is 0.261. The molecule has 2 aromatic rings. The number of methoxy groups -OCH3 is 1. The summed E-state index contributed by atoms with van der Waals surface area (Å²) in [5.41, 5.74) is 1.95. The third kappa shape index (κ3) is 6.16. The Morgan fingerprint density at radius 1 is 0.970 bits per heavy atom. The second-order valence-corrected chi connectivity index (χ2v) is 7.36. The minimum Gasteiger partial charge on any atom is -0.465 e. The van der Waals surface area contributed by atoms with Crippen molar-refractivity contribution in [3.05, 3.63) is 54.1 Å². The summed E-state index contributed by atoms with van der Waals surface area (Å²) < 4.78 is 9.73. The van der Waals surface area contributed by atoms with Gasteiger partial charge in [0.05, 0.1) is 18.6 Å². The van der Waals surface area contributed by atoms with Gasteiger partial charge in [0.15, 0.2) is 6.61 Å². The summed E-state index contributed by atoms with van der Waals surface area (Å²) in [6, 6.07) is 12.7. The van der Waals surface area contributed by atoms with Crippen molar-refractivity contribution in [2.45, 2.75) is 13.3 Å². The molecule has 0 bridgehead atoms. The van der Waals surface area contributed by atoms with E-state index in [1.807, 2.05) is 0 Å². The molecule has 33 heavy (non-hydrogen) atoms. The number of hydrogen-bond donors (Lipinski definition) is 2. The molecular weight excluding hydrogens is 430 g/mol. The Morgan fingerprint density at radius 3 is 2.15 bits per heavy atom. The average molecular weight is 453 g/mol. The zero-order valence-corrected chi connectivity index (χ0v) is 18.1. The average Bonchev–Trinajstić information content (AvgIpc) is 3.19. The maximum Gasteiger partial charge on any atom is 0.337 e. The second kappa shape index (κ2) is 10.4. The predicted molar refractivity (Wildman–Crippen MR) is 119 cm³/mol. The first-order chi connectivity index (χ1) is 15.8. The number of nitrogens with one attached hydrogen (secondary N) is 2. The lowest BCUT2D eigenvalue weighted by molar-refractivity contribution is -0.151. The third-order valence-corrected chi connectivity index (χ3v) is 4.89. The van der Waals surface area contributed by atoms with Crippen molar-refractivity contribution in [1.29, 1.82) is 0 Å². The first-order valence-corrected chi connectivity index (χ1v) is 10.1. The van der Waals surface area contributed by atoms with E-state index in [1.54, 1.807) is 36.4 Å². The zero-order valence-electron chi connectivity index (χ0n) is 18.1. The number of esters is 2. The van der Waals surface area contributed by atoms with Gasteiger partial charge in [0.1, 0.15) is 0 Å². The van der Waals surface area contributed by atoms with Crippen molar-refractivity contribution < 1.29 is 33.4 Å². The first-order valence-electron chi connectivity index (χ1n) is 10.1. The molecule has 0 saturated carbocycles. The van der Waals surface area contributed by atoms with E-state index >= 15 is 0 Å². The SMILES string of the molecule is COC(=O)c1ccc(N2C[C@@H](C(=O)OCC(=O)Nc3ccc(NC(C)=O)cc3)CC2=O)cc1. The number of carbonyl (C=O) groups is 5. The molecule has 1 atom stereocenters. The molecular formula is C23H23N3O7. The van der Waals surface area contributed by atoms with Gasteiger partial charge in [0.25, 0.3) is 5.91 Å². The molecule has 1 fully saturated rings. The van der Waals surface area contributed by atoms with Crippen LogP contribution in [0.25, 0.3) is 0 Å². The molecule has 3 amide bonds. The third-order valence-electron chi connectivity index (χ3n) is 4.89. The van der Waals surface area contributed by atoms with Crippen LogP contribution >= 0.6 is 0 Å². The van der Waals surface area contributed by atoms with E-state index in [-0.39, 0.29) is 24.8 Å². The van der Waals surface area contributed by atoms with Crippen LogP contribution < -0.4 is 15.5 Å². The molecule has 3 rings (SSSR count). The van der Waals surface area contributed by atoms with Crippen LogP contribution in [0.5, 0.6) is 0 Å². The summed E-state index contributed by atoms with van der Waals surface area (Å²) in [6.07, 6.45) is -0.0379. The van der Waals surface area contributed by atoms with Gasteiger partial charge >= 0.3 is 11.9 Å². The summed E-state index contributed by atoms with van der Waals surface area (Å²) in [6.45, 7) is 1.01. The normalized spacial score (nSPS) is 15.0. The summed E-state index contributed by atoms with van der Waals surface area (Å²) >= 11 is 0. The Bertz CT molecular complexity index is 1060. The van der Waals surface area contributed by atoms with Gasteiger partial charge in [-0.05, 0) is 48.5 Å². The van der Waals surface area contributed by atoms with Crippen LogP contribution in [0, 0.1) is 5.92 Å². The van der Waals surface area contributed by atoms with E-state index in [9.17, 15) is 24.0 Å². The highest BCUT2D eigenvalue weighted by Crippen LogP contribution is 2.26. The summed E-state index contributed by atoms with van der Waals surface area (Å²) in [5.74, 6) is -2.84. The smallest absolute Gasteiger partial charge is 0.337 e. The van der Waals surface area contributed by atoms with Crippen LogP contribution in [-0.2, 0) is 28.7 Å². The van der Waals surface area contributed by atoms with Gasteiger partial charge in [-0.2, -0.15) is 0 Å². The van der Waals surface area contributed by atoms with Gasteiger partial charge in [0, 0.05) is 37.0 Å². The lowest BCUT2D eigenvalue weighted by Gasteiger charge is -2.16. The molecule has 1 saturated heterocycles. The number of amides is 3. The standard InChI is InChI=1S/C23H23N3O7/c1-14(27)24-17-5-7-18(8-6-17)25-20(28)13-33-23(31)16-11-21(29)26(12-16)19-9-3-15(4-10-19)22(30)32-2/h3-10,16H,11-13H2,1-2H3,(H,24,27)(H,25,28)/t16-/m0/s1. The van der Waals surface area contributed by atoms with E-state index in [4.69, 9.17) is 4.74 Å². The molecule has 1 heterocycles. The molecule has 2 N–H and O–H groups in total. The van der Waals surface area contributed by atoms with Crippen LogP contribution in [0.1, 0.15) is 23.7 Å². The Balaban J connectivity index is 1.49. The van der Waals surface area contributed by atoms with Crippen molar-refractivity contribution in [3.8, 4) is 0 Å².